The van der Waals surface area contributed by atoms with Gasteiger partial charge in [0.05, 0.1) is 5.54 Å². The molecular formula is C26H51N3O2. The molecule has 5 nitrogen and oxygen atoms in total. The summed E-state index contributed by atoms with van der Waals surface area (Å²) in [7, 11) is 0. The number of ketones is 2. The van der Waals surface area contributed by atoms with E-state index in [1.165, 1.54) is 0 Å². The van der Waals surface area contributed by atoms with E-state index in [4.69, 9.17) is 5.73 Å². The van der Waals surface area contributed by atoms with Gasteiger partial charge in [0, 0.05) is 29.5 Å². The van der Waals surface area contributed by atoms with Crippen LogP contribution in [0.3, 0.4) is 0 Å². The summed E-state index contributed by atoms with van der Waals surface area (Å²) in [6.07, 6.45) is 3.83. The lowest BCUT2D eigenvalue weighted by Crippen LogP contribution is -2.72. The number of hydrogen-bond acceptors (Lipinski definition) is 5. The van der Waals surface area contributed by atoms with E-state index in [9.17, 15) is 9.59 Å². The minimum atomic E-state index is -0.992. The molecule has 0 bridgehead atoms. The van der Waals surface area contributed by atoms with Gasteiger partial charge in [0.25, 0.3) is 0 Å². The topological polar surface area (TPSA) is 75.4 Å². The average Bonchev–Trinajstić information content (AvgIpc) is 2.73. The molecule has 1 heterocycles. The molecule has 0 aliphatic carbocycles. The first-order valence-electron chi connectivity index (χ1n) is 12.5. The van der Waals surface area contributed by atoms with Crippen LogP contribution in [0.1, 0.15) is 108 Å². The highest BCUT2D eigenvalue weighted by molar-refractivity contribution is 5.93. The van der Waals surface area contributed by atoms with Crippen LogP contribution < -0.4 is 11.1 Å². The summed E-state index contributed by atoms with van der Waals surface area (Å²) < 4.78 is 0. The summed E-state index contributed by atoms with van der Waals surface area (Å²) in [6.45, 7) is 23.4. The molecule has 31 heavy (non-hydrogen) atoms. The van der Waals surface area contributed by atoms with Crippen molar-refractivity contribution < 1.29 is 9.59 Å². The Bertz CT molecular complexity index is 645. The Balaban J connectivity index is 3.26. The Morgan fingerprint density at radius 3 is 1.77 bits per heavy atom. The summed E-state index contributed by atoms with van der Waals surface area (Å²) in [5.41, 5.74) is 4.48. The van der Waals surface area contributed by atoms with Gasteiger partial charge in [0.2, 0.25) is 0 Å². The van der Waals surface area contributed by atoms with Crippen LogP contribution in [0.4, 0.5) is 0 Å². The van der Waals surface area contributed by atoms with E-state index in [1.807, 2.05) is 48.5 Å². The largest absolute Gasteiger partial charge is 0.307 e. The van der Waals surface area contributed by atoms with Gasteiger partial charge in [-0.25, -0.2) is 0 Å². The Morgan fingerprint density at radius 2 is 1.35 bits per heavy atom. The molecule has 1 aliphatic heterocycles. The molecule has 3 N–H and O–H groups in total. The van der Waals surface area contributed by atoms with Crippen molar-refractivity contribution in [2.45, 2.75) is 132 Å². The van der Waals surface area contributed by atoms with Gasteiger partial charge in [0.1, 0.15) is 5.66 Å². The van der Waals surface area contributed by atoms with Gasteiger partial charge in [0.15, 0.2) is 11.6 Å². The first-order chi connectivity index (χ1) is 14.1. The number of hydrogen-bond donors (Lipinski definition) is 2. The van der Waals surface area contributed by atoms with Gasteiger partial charge in [-0.15, -0.1) is 0 Å². The Morgan fingerprint density at radius 1 is 0.871 bits per heavy atom. The van der Waals surface area contributed by atoms with Crippen LogP contribution in [0.25, 0.3) is 0 Å². The van der Waals surface area contributed by atoms with Crippen molar-refractivity contribution in [1.82, 2.24) is 10.2 Å². The molecule has 1 rings (SSSR count). The maximum absolute atomic E-state index is 13.6. The molecule has 5 atom stereocenters. The molecule has 0 spiro atoms. The molecule has 1 fully saturated rings. The molecule has 5 unspecified atom stereocenters. The van der Waals surface area contributed by atoms with Gasteiger partial charge >= 0.3 is 0 Å². The standard InChI is InChI=1S/C26H51N3O2/c1-12-23(7,8)21(30)25(11,14-3)28-20-17-29(19(6)16-18(20)5)26(27,15-4)22(31)24(9,10)13-2/h18-20,28H,12-17,27H2,1-11H3. The van der Waals surface area contributed by atoms with Crippen molar-refractivity contribution in [3.63, 3.8) is 0 Å². The summed E-state index contributed by atoms with van der Waals surface area (Å²) >= 11 is 0. The second-order valence-corrected chi connectivity index (χ2v) is 11.6. The lowest BCUT2D eigenvalue weighted by atomic mass is 9.73. The van der Waals surface area contributed by atoms with E-state index in [1.54, 1.807) is 0 Å². The van der Waals surface area contributed by atoms with E-state index < -0.39 is 16.6 Å². The molecule has 1 saturated heterocycles. The van der Waals surface area contributed by atoms with Crippen molar-refractivity contribution >= 4 is 11.6 Å². The Kier molecular flexibility index (Phi) is 9.12. The lowest BCUT2D eigenvalue weighted by Gasteiger charge is -2.53. The molecule has 0 saturated carbocycles. The maximum Gasteiger partial charge on any atom is 0.172 e. The Labute approximate surface area is 192 Å². The van der Waals surface area contributed by atoms with Crippen LogP contribution in [0.5, 0.6) is 0 Å². The van der Waals surface area contributed by atoms with Crippen molar-refractivity contribution in [3.8, 4) is 0 Å². The highest BCUT2D eigenvalue weighted by Gasteiger charge is 2.50. The molecule has 0 amide bonds. The van der Waals surface area contributed by atoms with Crippen molar-refractivity contribution in [2.75, 3.05) is 6.54 Å². The number of nitrogens with zero attached hydrogens (tertiary/aromatic N) is 1. The zero-order valence-electron chi connectivity index (χ0n) is 22.3. The molecule has 0 radical (unpaired) electrons. The van der Waals surface area contributed by atoms with Crippen LogP contribution in [-0.4, -0.2) is 46.3 Å². The second kappa shape index (κ2) is 10.0. The summed E-state index contributed by atoms with van der Waals surface area (Å²) in [5, 5.41) is 3.75. The average molecular weight is 438 g/mol. The number of rotatable bonds is 11. The molecule has 0 aromatic heterocycles. The van der Waals surface area contributed by atoms with E-state index >= 15 is 0 Å². The second-order valence-electron chi connectivity index (χ2n) is 11.6. The predicted molar refractivity (Wildman–Crippen MR) is 131 cm³/mol. The molecular weight excluding hydrogens is 386 g/mol. The molecule has 0 aromatic carbocycles. The fraction of sp³-hybridized carbons (Fsp3) is 0.923. The molecule has 1 aliphatic rings. The summed E-state index contributed by atoms with van der Waals surface area (Å²) in [6, 6.07) is 0.315. The SMILES string of the molecule is CCC(C)(C)C(=O)C(C)(CC)NC1CN(C(N)(CC)C(=O)C(C)(C)CC)C(C)CC1C. The van der Waals surface area contributed by atoms with Crippen LogP contribution in [0, 0.1) is 16.7 Å². The summed E-state index contributed by atoms with van der Waals surface area (Å²) in [4.78, 5) is 29.2. The van der Waals surface area contributed by atoms with Gasteiger partial charge in [-0.3, -0.25) is 14.5 Å². The van der Waals surface area contributed by atoms with Gasteiger partial charge in [-0.2, -0.15) is 0 Å². The quantitative estimate of drug-likeness (QED) is 0.480. The fourth-order valence-corrected chi connectivity index (χ4v) is 5.03. The summed E-state index contributed by atoms with van der Waals surface area (Å²) in [5.74, 6) is 0.775. The third kappa shape index (κ3) is 5.59. The van der Waals surface area contributed by atoms with E-state index in [2.05, 4.69) is 37.9 Å². The highest BCUT2D eigenvalue weighted by atomic mass is 16.1. The fourth-order valence-electron chi connectivity index (χ4n) is 5.03. The lowest BCUT2D eigenvalue weighted by molar-refractivity contribution is -0.145. The minimum absolute atomic E-state index is 0.102. The van der Waals surface area contributed by atoms with Crippen LogP contribution in [-0.2, 0) is 9.59 Å². The van der Waals surface area contributed by atoms with Gasteiger partial charge in [-0.1, -0.05) is 62.3 Å². The number of piperidine rings is 1. The van der Waals surface area contributed by atoms with Crippen molar-refractivity contribution in [3.05, 3.63) is 0 Å². The number of likely N-dealkylation sites (tertiary alicyclic amines) is 1. The monoisotopic (exact) mass is 437 g/mol. The van der Waals surface area contributed by atoms with Crippen LogP contribution >= 0.6 is 0 Å². The Hall–Kier alpha value is -0.780. The first-order valence-corrected chi connectivity index (χ1v) is 12.5. The highest BCUT2D eigenvalue weighted by Crippen LogP contribution is 2.36. The van der Waals surface area contributed by atoms with Crippen LogP contribution in [0.15, 0.2) is 0 Å². The first kappa shape index (κ1) is 28.3. The third-order valence-electron chi connectivity index (χ3n) is 8.48. The number of carbonyl (C=O) groups is 2. The number of Topliss-reactive ketones (excluding diaryl/α,β-unsaturated/α-hetero) is 2. The smallest absolute Gasteiger partial charge is 0.172 e. The van der Waals surface area contributed by atoms with Crippen molar-refractivity contribution in [1.29, 1.82) is 0 Å². The zero-order chi connectivity index (χ0) is 24.4. The van der Waals surface area contributed by atoms with Gasteiger partial charge < -0.3 is 11.1 Å². The normalized spacial score (nSPS) is 27.4. The molecule has 0 aromatic rings. The maximum atomic E-state index is 13.6. The van der Waals surface area contributed by atoms with Crippen molar-refractivity contribution in [2.24, 2.45) is 22.5 Å². The minimum Gasteiger partial charge on any atom is -0.307 e. The third-order valence-corrected chi connectivity index (χ3v) is 8.48. The van der Waals surface area contributed by atoms with Crippen LogP contribution in [0.2, 0.25) is 0 Å². The van der Waals surface area contributed by atoms with E-state index in [-0.39, 0.29) is 29.1 Å². The number of nitrogens with one attached hydrogen (secondary N) is 1. The predicted octanol–water partition coefficient (Wildman–Crippen LogP) is 4.92. The van der Waals surface area contributed by atoms with E-state index in [0.29, 0.717) is 18.9 Å². The molecule has 5 heteroatoms. The molecule has 182 valence electrons. The number of nitrogens with two attached hydrogens (primary N) is 1. The zero-order valence-corrected chi connectivity index (χ0v) is 22.3. The van der Waals surface area contributed by atoms with Gasteiger partial charge in [-0.05, 0) is 51.9 Å². The van der Waals surface area contributed by atoms with E-state index in [0.717, 1.165) is 25.7 Å². The number of carbonyl (C=O) groups excluding carboxylic acids is 2.